The summed E-state index contributed by atoms with van der Waals surface area (Å²) in [7, 11) is 0. The standard InChI is InChI=1S/C18H20F2N4O/c19-15-3-1-2-13(17(15)20)11-23-5-7-24(8-6-23)18-21-10-14-12-25-9-4-16(14)22-18/h1-3,10H,4-9,11-12H2. The van der Waals surface area contributed by atoms with Crippen LogP contribution in [-0.2, 0) is 24.3 Å². The van der Waals surface area contributed by atoms with Gasteiger partial charge in [-0.25, -0.2) is 18.7 Å². The maximum atomic E-state index is 13.8. The van der Waals surface area contributed by atoms with E-state index in [0.29, 0.717) is 25.3 Å². The molecule has 1 aromatic heterocycles. The van der Waals surface area contributed by atoms with Crippen LogP contribution in [0.3, 0.4) is 0 Å². The Labute approximate surface area is 145 Å². The van der Waals surface area contributed by atoms with Crippen LogP contribution in [0.25, 0.3) is 0 Å². The maximum Gasteiger partial charge on any atom is 0.225 e. The van der Waals surface area contributed by atoms with E-state index in [-0.39, 0.29) is 0 Å². The molecule has 2 aliphatic heterocycles. The highest BCUT2D eigenvalue weighted by Crippen LogP contribution is 2.19. The molecular weight excluding hydrogens is 326 g/mol. The topological polar surface area (TPSA) is 41.5 Å². The summed E-state index contributed by atoms with van der Waals surface area (Å²) in [5.41, 5.74) is 2.54. The minimum Gasteiger partial charge on any atom is -0.376 e. The number of hydrogen-bond donors (Lipinski definition) is 0. The number of hydrogen-bond acceptors (Lipinski definition) is 5. The SMILES string of the molecule is Fc1cccc(CN2CCN(c3ncc4c(n3)CCOC4)CC2)c1F. The highest BCUT2D eigenvalue weighted by molar-refractivity contribution is 5.34. The Bertz CT molecular complexity index is 763. The van der Waals surface area contributed by atoms with E-state index >= 15 is 0 Å². The van der Waals surface area contributed by atoms with Crippen molar-refractivity contribution in [3.8, 4) is 0 Å². The van der Waals surface area contributed by atoms with Crippen LogP contribution in [0.15, 0.2) is 24.4 Å². The third-order valence-corrected chi connectivity index (χ3v) is 4.76. The molecule has 1 aromatic carbocycles. The zero-order chi connectivity index (χ0) is 17.2. The molecule has 0 atom stereocenters. The summed E-state index contributed by atoms with van der Waals surface area (Å²) in [5.74, 6) is -0.787. The number of aromatic nitrogens is 2. The lowest BCUT2D eigenvalue weighted by Crippen LogP contribution is -2.46. The van der Waals surface area contributed by atoms with Gasteiger partial charge in [-0.3, -0.25) is 4.90 Å². The van der Waals surface area contributed by atoms with Gasteiger partial charge in [-0.15, -0.1) is 0 Å². The number of nitrogens with zero attached hydrogens (tertiary/aromatic N) is 4. The van der Waals surface area contributed by atoms with Crippen molar-refractivity contribution in [1.82, 2.24) is 14.9 Å². The average molecular weight is 346 g/mol. The quantitative estimate of drug-likeness (QED) is 0.852. The maximum absolute atomic E-state index is 13.8. The van der Waals surface area contributed by atoms with E-state index in [9.17, 15) is 8.78 Å². The Kier molecular flexibility index (Phi) is 4.59. The van der Waals surface area contributed by atoms with Crippen molar-refractivity contribution in [1.29, 1.82) is 0 Å². The zero-order valence-corrected chi connectivity index (χ0v) is 13.9. The average Bonchev–Trinajstić information content (AvgIpc) is 2.66. The van der Waals surface area contributed by atoms with E-state index in [2.05, 4.69) is 19.8 Å². The van der Waals surface area contributed by atoms with Gasteiger partial charge >= 0.3 is 0 Å². The summed E-state index contributed by atoms with van der Waals surface area (Å²) < 4.78 is 32.6. The van der Waals surface area contributed by atoms with Crippen molar-refractivity contribution < 1.29 is 13.5 Å². The Morgan fingerprint density at radius 1 is 1.12 bits per heavy atom. The molecule has 3 heterocycles. The Morgan fingerprint density at radius 3 is 2.80 bits per heavy atom. The monoisotopic (exact) mass is 346 g/mol. The highest BCUT2D eigenvalue weighted by atomic mass is 19.2. The van der Waals surface area contributed by atoms with E-state index in [1.165, 1.54) is 0 Å². The van der Waals surface area contributed by atoms with Gasteiger partial charge in [0.1, 0.15) is 0 Å². The minimum atomic E-state index is -0.789. The Hall–Kier alpha value is -2.12. The summed E-state index contributed by atoms with van der Waals surface area (Å²) in [4.78, 5) is 13.4. The lowest BCUT2D eigenvalue weighted by atomic mass is 10.1. The second kappa shape index (κ2) is 7.01. The zero-order valence-electron chi connectivity index (χ0n) is 13.9. The number of fused-ring (bicyclic) bond motifs is 1. The number of piperazine rings is 1. The second-order valence-corrected chi connectivity index (χ2v) is 6.42. The van der Waals surface area contributed by atoms with Crippen LogP contribution >= 0.6 is 0 Å². The van der Waals surface area contributed by atoms with Gasteiger partial charge in [0, 0.05) is 56.5 Å². The number of halogens is 2. The lowest BCUT2D eigenvalue weighted by Gasteiger charge is -2.35. The summed E-state index contributed by atoms with van der Waals surface area (Å²) in [6.07, 6.45) is 2.68. The van der Waals surface area contributed by atoms with Crippen molar-refractivity contribution in [3.05, 3.63) is 52.9 Å². The van der Waals surface area contributed by atoms with E-state index in [1.807, 2.05) is 6.20 Å². The third kappa shape index (κ3) is 3.48. The molecule has 0 aliphatic carbocycles. The molecule has 5 nitrogen and oxygen atoms in total. The molecule has 0 bridgehead atoms. The van der Waals surface area contributed by atoms with Gasteiger partial charge in [0.25, 0.3) is 0 Å². The van der Waals surface area contributed by atoms with Crippen LogP contribution < -0.4 is 4.90 Å². The van der Waals surface area contributed by atoms with Crippen molar-refractivity contribution in [3.63, 3.8) is 0 Å². The number of ether oxygens (including phenoxy) is 1. The van der Waals surface area contributed by atoms with Crippen molar-refractivity contribution in [2.24, 2.45) is 0 Å². The first-order valence-electron chi connectivity index (χ1n) is 8.53. The van der Waals surface area contributed by atoms with Crippen LogP contribution in [0.2, 0.25) is 0 Å². The molecule has 2 aromatic rings. The van der Waals surface area contributed by atoms with E-state index in [1.54, 1.807) is 12.1 Å². The van der Waals surface area contributed by atoms with Crippen molar-refractivity contribution >= 4 is 5.95 Å². The second-order valence-electron chi connectivity index (χ2n) is 6.42. The fourth-order valence-corrected chi connectivity index (χ4v) is 3.29. The summed E-state index contributed by atoms with van der Waals surface area (Å²) in [5, 5.41) is 0. The number of benzene rings is 1. The van der Waals surface area contributed by atoms with Crippen LogP contribution in [0.4, 0.5) is 14.7 Å². The first-order valence-corrected chi connectivity index (χ1v) is 8.53. The van der Waals surface area contributed by atoms with Crippen LogP contribution in [0.5, 0.6) is 0 Å². The van der Waals surface area contributed by atoms with Crippen LogP contribution in [0.1, 0.15) is 16.8 Å². The number of anilines is 1. The molecular formula is C18H20F2N4O. The molecule has 0 radical (unpaired) electrons. The molecule has 1 saturated heterocycles. The number of rotatable bonds is 3. The molecule has 1 fully saturated rings. The molecule has 2 aliphatic rings. The van der Waals surface area contributed by atoms with Crippen molar-refractivity contribution in [2.45, 2.75) is 19.6 Å². The molecule has 25 heavy (non-hydrogen) atoms. The van der Waals surface area contributed by atoms with Crippen LogP contribution in [-0.4, -0.2) is 47.7 Å². The van der Waals surface area contributed by atoms with E-state index in [0.717, 1.165) is 55.9 Å². The van der Waals surface area contributed by atoms with Crippen LogP contribution in [0, 0.1) is 11.6 Å². The molecule has 0 amide bonds. The largest absolute Gasteiger partial charge is 0.376 e. The van der Waals surface area contributed by atoms with E-state index in [4.69, 9.17) is 4.74 Å². The summed E-state index contributed by atoms with van der Waals surface area (Å²) in [6.45, 7) is 4.77. The first kappa shape index (κ1) is 16.4. The van der Waals surface area contributed by atoms with Gasteiger partial charge in [-0.05, 0) is 6.07 Å². The van der Waals surface area contributed by atoms with Gasteiger partial charge < -0.3 is 9.64 Å². The van der Waals surface area contributed by atoms with Gasteiger partial charge in [0.15, 0.2) is 11.6 Å². The Balaban J connectivity index is 1.39. The smallest absolute Gasteiger partial charge is 0.225 e. The molecule has 0 spiro atoms. The highest BCUT2D eigenvalue weighted by Gasteiger charge is 2.22. The summed E-state index contributed by atoms with van der Waals surface area (Å²) >= 11 is 0. The molecule has 132 valence electrons. The lowest BCUT2D eigenvalue weighted by molar-refractivity contribution is 0.109. The van der Waals surface area contributed by atoms with Gasteiger partial charge in [0.05, 0.1) is 18.9 Å². The molecule has 4 rings (SSSR count). The minimum absolute atomic E-state index is 0.401. The van der Waals surface area contributed by atoms with Crippen molar-refractivity contribution in [2.75, 3.05) is 37.7 Å². The van der Waals surface area contributed by atoms with Gasteiger partial charge in [0.2, 0.25) is 5.95 Å². The molecule has 0 saturated carbocycles. The third-order valence-electron chi connectivity index (χ3n) is 4.76. The van der Waals surface area contributed by atoms with Gasteiger partial charge in [-0.2, -0.15) is 0 Å². The molecule has 7 heteroatoms. The fraction of sp³-hybridized carbons (Fsp3) is 0.444. The normalized spacial score (nSPS) is 18.2. The first-order chi connectivity index (χ1) is 12.2. The fourth-order valence-electron chi connectivity index (χ4n) is 3.29. The summed E-state index contributed by atoms with van der Waals surface area (Å²) in [6, 6.07) is 4.34. The van der Waals surface area contributed by atoms with E-state index < -0.39 is 11.6 Å². The predicted molar refractivity (Wildman–Crippen MR) is 89.2 cm³/mol. The molecule has 0 unspecified atom stereocenters. The Morgan fingerprint density at radius 2 is 1.96 bits per heavy atom. The predicted octanol–water partition coefficient (Wildman–Crippen LogP) is 2.15. The molecule has 0 N–H and O–H groups in total. The van der Waals surface area contributed by atoms with Gasteiger partial charge in [-0.1, -0.05) is 12.1 Å².